The molecule has 2 aromatic rings. The van der Waals surface area contributed by atoms with Gasteiger partial charge in [-0.15, -0.1) is 10.2 Å². The maximum atomic E-state index is 12.4. The Morgan fingerprint density at radius 3 is 2.62 bits per heavy atom. The van der Waals surface area contributed by atoms with Crippen molar-refractivity contribution in [1.29, 1.82) is 0 Å². The van der Waals surface area contributed by atoms with Crippen molar-refractivity contribution in [2.75, 3.05) is 24.5 Å². The lowest BCUT2D eigenvalue weighted by Crippen LogP contribution is -2.44. The molecule has 1 saturated heterocycles. The molecule has 26 heavy (non-hydrogen) atoms. The number of nitrogens with zero attached hydrogens (tertiary/aromatic N) is 3. The molecule has 1 fully saturated rings. The van der Waals surface area contributed by atoms with Gasteiger partial charge in [0, 0.05) is 25.2 Å². The number of hydrogen-bond acceptors (Lipinski definition) is 4. The molecular formula is C21H28N4O. The Kier molecular flexibility index (Phi) is 5.86. The SMILES string of the molecule is Cc1ccc(-c2ccc(N3CCC[C@@H](C(=O)NCC(C)C)C3)nn2)cc1. The lowest BCUT2D eigenvalue weighted by atomic mass is 9.97. The van der Waals surface area contributed by atoms with Gasteiger partial charge < -0.3 is 10.2 Å². The smallest absolute Gasteiger partial charge is 0.224 e. The van der Waals surface area contributed by atoms with Crippen LogP contribution in [0.4, 0.5) is 5.82 Å². The third kappa shape index (κ3) is 4.59. The predicted molar refractivity (Wildman–Crippen MR) is 105 cm³/mol. The second kappa shape index (κ2) is 8.30. The van der Waals surface area contributed by atoms with Crippen LogP contribution in [-0.4, -0.2) is 35.7 Å². The van der Waals surface area contributed by atoms with Crippen molar-refractivity contribution in [2.24, 2.45) is 11.8 Å². The van der Waals surface area contributed by atoms with Gasteiger partial charge in [0.15, 0.2) is 5.82 Å². The molecule has 1 amide bonds. The van der Waals surface area contributed by atoms with E-state index in [1.54, 1.807) is 0 Å². The quantitative estimate of drug-likeness (QED) is 0.895. The normalized spacial score (nSPS) is 17.4. The highest BCUT2D eigenvalue weighted by Gasteiger charge is 2.26. The van der Waals surface area contributed by atoms with Crippen LogP contribution in [0.25, 0.3) is 11.3 Å². The third-order valence-electron chi connectivity index (χ3n) is 4.80. The summed E-state index contributed by atoms with van der Waals surface area (Å²) in [6, 6.07) is 12.3. The van der Waals surface area contributed by atoms with E-state index in [-0.39, 0.29) is 11.8 Å². The number of benzene rings is 1. The number of piperidine rings is 1. The third-order valence-corrected chi connectivity index (χ3v) is 4.80. The molecule has 1 N–H and O–H groups in total. The molecule has 0 aliphatic carbocycles. The summed E-state index contributed by atoms with van der Waals surface area (Å²) in [6.07, 6.45) is 1.94. The Labute approximate surface area is 155 Å². The number of amides is 1. The molecule has 138 valence electrons. The highest BCUT2D eigenvalue weighted by Crippen LogP contribution is 2.23. The first-order valence-electron chi connectivity index (χ1n) is 9.46. The monoisotopic (exact) mass is 352 g/mol. The second-order valence-corrected chi connectivity index (χ2v) is 7.57. The van der Waals surface area contributed by atoms with Gasteiger partial charge >= 0.3 is 0 Å². The summed E-state index contributed by atoms with van der Waals surface area (Å²) in [6.45, 7) is 8.66. The maximum absolute atomic E-state index is 12.4. The molecule has 5 heteroatoms. The number of nitrogens with one attached hydrogen (secondary N) is 1. The first kappa shape index (κ1) is 18.4. The van der Waals surface area contributed by atoms with E-state index in [1.165, 1.54) is 5.56 Å². The summed E-state index contributed by atoms with van der Waals surface area (Å²) < 4.78 is 0. The minimum absolute atomic E-state index is 0.0288. The van der Waals surface area contributed by atoms with E-state index >= 15 is 0 Å². The van der Waals surface area contributed by atoms with Crippen LogP contribution in [0, 0.1) is 18.8 Å². The van der Waals surface area contributed by atoms with Crippen molar-refractivity contribution in [2.45, 2.75) is 33.6 Å². The Balaban J connectivity index is 1.65. The molecule has 3 rings (SSSR count). The van der Waals surface area contributed by atoms with E-state index in [0.717, 1.165) is 43.0 Å². The second-order valence-electron chi connectivity index (χ2n) is 7.57. The molecule has 1 aliphatic rings. The molecule has 0 saturated carbocycles. The van der Waals surface area contributed by atoms with Crippen LogP contribution >= 0.6 is 0 Å². The zero-order valence-corrected chi connectivity index (χ0v) is 15.9. The maximum Gasteiger partial charge on any atom is 0.224 e. The van der Waals surface area contributed by atoms with E-state index in [9.17, 15) is 4.79 Å². The Bertz CT molecular complexity index is 725. The predicted octanol–water partition coefficient (Wildman–Crippen LogP) is 3.44. The fraction of sp³-hybridized carbons (Fsp3) is 0.476. The molecular weight excluding hydrogens is 324 g/mol. The summed E-state index contributed by atoms with van der Waals surface area (Å²) in [5.41, 5.74) is 3.17. The van der Waals surface area contributed by atoms with Gasteiger partial charge in [-0.1, -0.05) is 43.7 Å². The summed E-state index contributed by atoms with van der Waals surface area (Å²) in [4.78, 5) is 14.5. The molecule has 0 unspecified atom stereocenters. The van der Waals surface area contributed by atoms with E-state index in [4.69, 9.17) is 0 Å². The molecule has 0 spiro atoms. The highest BCUT2D eigenvalue weighted by atomic mass is 16.1. The Morgan fingerprint density at radius 2 is 1.96 bits per heavy atom. The van der Waals surface area contributed by atoms with Crippen LogP contribution in [0.2, 0.25) is 0 Å². The van der Waals surface area contributed by atoms with E-state index < -0.39 is 0 Å². The van der Waals surface area contributed by atoms with Gasteiger partial charge in [-0.25, -0.2) is 0 Å². The van der Waals surface area contributed by atoms with Crippen molar-refractivity contribution in [3.63, 3.8) is 0 Å². The Hall–Kier alpha value is -2.43. The van der Waals surface area contributed by atoms with E-state index in [2.05, 4.69) is 65.5 Å². The minimum Gasteiger partial charge on any atom is -0.356 e. The molecule has 0 radical (unpaired) electrons. The number of aromatic nitrogens is 2. The Morgan fingerprint density at radius 1 is 1.19 bits per heavy atom. The standard InChI is InChI=1S/C21H28N4O/c1-15(2)13-22-21(26)18-5-4-12-25(14-18)20-11-10-19(23-24-20)17-8-6-16(3)7-9-17/h6-11,15,18H,4-5,12-14H2,1-3H3,(H,22,26)/t18-/m1/s1. The van der Waals surface area contributed by atoms with Gasteiger partial charge in [0.25, 0.3) is 0 Å². The number of carbonyl (C=O) groups excluding carboxylic acids is 1. The van der Waals surface area contributed by atoms with Crippen molar-refractivity contribution < 1.29 is 4.79 Å². The number of rotatable bonds is 5. The zero-order chi connectivity index (χ0) is 18.5. The highest BCUT2D eigenvalue weighted by molar-refractivity contribution is 5.79. The molecule has 2 heterocycles. The zero-order valence-electron chi connectivity index (χ0n) is 15.9. The fourth-order valence-corrected chi connectivity index (χ4v) is 3.22. The summed E-state index contributed by atoms with van der Waals surface area (Å²) >= 11 is 0. The average molecular weight is 352 g/mol. The van der Waals surface area contributed by atoms with Crippen molar-refractivity contribution in [3.8, 4) is 11.3 Å². The summed E-state index contributed by atoms with van der Waals surface area (Å²) in [7, 11) is 0. The number of aryl methyl sites for hydroxylation is 1. The number of carbonyl (C=O) groups is 1. The minimum atomic E-state index is 0.0288. The van der Waals surface area contributed by atoms with Crippen LogP contribution in [0.5, 0.6) is 0 Å². The van der Waals surface area contributed by atoms with Crippen molar-refractivity contribution in [3.05, 3.63) is 42.0 Å². The molecule has 1 aromatic carbocycles. The number of anilines is 1. The van der Waals surface area contributed by atoms with E-state index in [0.29, 0.717) is 12.5 Å². The largest absolute Gasteiger partial charge is 0.356 e. The van der Waals surface area contributed by atoms with Gasteiger partial charge in [-0.2, -0.15) is 0 Å². The number of hydrogen-bond donors (Lipinski definition) is 1. The molecule has 0 bridgehead atoms. The van der Waals surface area contributed by atoms with Crippen LogP contribution < -0.4 is 10.2 Å². The molecule has 1 aliphatic heterocycles. The summed E-state index contributed by atoms with van der Waals surface area (Å²) in [5, 5.41) is 11.9. The molecule has 1 aromatic heterocycles. The van der Waals surface area contributed by atoms with Gasteiger partial charge in [-0.3, -0.25) is 4.79 Å². The van der Waals surface area contributed by atoms with Gasteiger partial charge in [0.2, 0.25) is 5.91 Å². The van der Waals surface area contributed by atoms with Crippen molar-refractivity contribution in [1.82, 2.24) is 15.5 Å². The molecule has 5 nitrogen and oxygen atoms in total. The van der Waals surface area contributed by atoms with Crippen LogP contribution in [0.15, 0.2) is 36.4 Å². The molecule has 1 atom stereocenters. The van der Waals surface area contributed by atoms with E-state index in [1.807, 2.05) is 12.1 Å². The van der Waals surface area contributed by atoms with Crippen LogP contribution in [0.3, 0.4) is 0 Å². The van der Waals surface area contributed by atoms with Gasteiger partial charge in [0.1, 0.15) is 0 Å². The average Bonchev–Trinajstić information content (AvgIpc) is 2.67. The van der Waals surface area contributed by atoms with Gasteiger partial charge in [0.05, 0.1) is 11.6 Å². The van der Waals surface area contributed by atoms with Crippen LogP contribution in [0.1, 0.15) is 32.3 Å². The lowest BCUT2D eigenvalue weighted by molar-refractivity contribution is -0.125. The van der Waals surface area contributed by atoms with Crippen molar-refractivity contribution >= 4 is 11.7 Å². The summed E-state index contributed by atoms with van der Waals surface area (Å²) in [5.74, 6) is 1.51. The fourth-order valence-electron chi connectivity index (χ4n) is 3.22. The first-order valence-corrected chi connectivity index (χ1v) is 9.46. The topological polar surface area (TPSA) is 58.1 Å². The first-order chi connectivity index (χ1) is 12.5. The van der Waals surface area contributed by atoms with Crippen LogP contribution in [-0.2, 0) is 4.79 Å². The van der Waals surface area contributed by atoms with Gasteiger partial charge in [-0.05, 0) is 37.8 Å². The lowest BCUT2D eigenvalue weighted by Gasteiger charge is -2.32.